The van der Waals surface area contributed by atoms with Crippen LogP contribution in [0.15, 0.2) is 24.3 Å². The topological polar surface area (TPSA) is 46.2 Å². The minimum atomic E-state index is -4.44. The molecular formula is C12H16F3NO2S. The van der Waals surface area contributed by atoms with Crippen LogP contribution in [0.1, 0.15) is 31.0 Å². The molecule has 0 aliphatic carbocycles. The Kier molecular flexibility index (Phi) is 4.63. The van der Waals surface area contributed by atoms with E-state index in [0.29, 0.717) is 5.56 Å². The summed E-state index contributed by atoms with van der Waals surface area (Å²) < 4.78 is 62.8. The van der Waals surface area contributed by atoms with E-state index in [1.807, 2.05) is 0 Å². The smallest absolute Gasteiger partial charge is 0.213 e. The summed E-state index contributed by atoms with van der Waals surface area (Å²) in [6.45, 7) is 3.48. The van der Waals surface area contributed by atoms with Gasteiger partial charge in [0.05, 0.1) is 11.8 Å². The third-order valence-corrected chi connectivity index (χ3v) is 3.26. The third-order valence-electron chi connectivity index (χ3n) is 2.58. The molecule has 0 spiro atoms. The minimum absolute atomic E-state index is 0.168. The molecule has 1 N–H and O–H groups in total. The van der Waals surface area contributed by atoms with Crippen molar-refractivity contribution in [1.82, 2.24) is 4.72 Å². The first-order valence-corrected chi connectivity index (χ1v) is 7.54. The summed E-state index contributed by atoms with van der Waals surface area (Å²) in [7, 11) is -3.50. The van der Waals surface area contributed by atoms with E-state index in [2.05, 4.69) is 4.72 Å². The van der Waals surface area contributed by atoms with Crippen molar-refractivity contribution in [1.29, 1.82) is 0 Å². The SMILES string of the molecule is CC(C)[C@@H](NS(C)(=O)=O)c1cccc(C(F)(F)F)c1. The minimum Gasteiger partial charge on any atom is -0.213 e. The van der Waals surface area contributed by atoms with E-state index in [0.717, 1.165) is 18.4 Å². The van der Waals surface area contributed by atoms with Gasteiger partial charge in [-0.05, 0) is 23.6 Å². The van der Waals surface area contributed by atoms with Crippen LogP contribution < -0.4 is 4.72 Å². The van der Waals surface area contributed by atoms with Crippen LogP contribution in [-0.4, -0.2) is 14.7 Å². The molecule has 108 valence electrons. The summed E-state index contributed by atoms with van der Waals surface area (Å²) in [4.78, 5) is 0. The average molecular weight is 295 g/mol. The van der Waals surface area contributed by atoms with E-state index in [1.165, 1.54) is 12.1 Å². The Balaban J connectivity index is 3.18. The van der Waals surface area contributed by atoms with Crippen molar-refractivity contribution < 1.29 is 21.6 Å². The second-order valence-corrected chi connectivity index (χ2v) is 6.51. The van der Waals surface area contributed by atoms with Crippen LogP contribution in [0.25, 0.3) is 0 Å². The van der Waals surface area contributed by atoms with Crippen LogP contribution in [0.5, 0.6) is 0 Å². The standard InChI is InChI=1S/C12H16F3NO2S/c1-8(2)11(16-19(3,17)18)9-5-4-6-10(7-9)12(13,14)15/h4-8,11,16H,1-3H3/t11-/m1/s1. The molecule has 0 fully saturated rings. The van der Waals surface area contributed by atoms with Gasteiger partial charge in [0.25, 0.3) is 0 Å². The molecule has 0 aliphatic heterocycles. The lowest BCUT2D eigenvalue weighted by molar-refractivity contribution is -0.137. The second kappa shape index (κ2) is 5.50. The van der Waals surface area contributed by atoms with Crippen LogP contribution in [0.3, 0.4) is 0 Å². The van der Waals surface area contributed by atoms with Gasteiger partial charge < -0.3 is 0 Å². The quantitative estimate of drug-likeness (QED) is 0.928. The number of benzene rings is 1. The van der Waals surface area contributed by atoms with Gasteiger partial charge in [0, 0.05) is 6.04 Å². The Morgan fingerprint density at radius 1 is 1.21 bits per heavy atom. The van der Waals surface area contributed by atoms with Crippen molar-refractivity contribution in [2.75, 3.05) is 6.26 Å². The number of halogens is 3. The van der Waals surface area contributed by atoms with Gasteiger partial charge in [0.15, 0.2) is 0 Å². The largest absolute Gasteiger partial charge is 0.416 e. The number of nitrogens with one attached hydrogen (secondary N) is 1. The lowest BCUT2D eigenvalue weighted by atomic mass is 9.95. The van der Waals surface area contributed by atoms with E-state index in [4.69, 9.17) is 0 Å². The monoisotopic (exact) mass is 295 g/mol. The fourth-order valence-electron chi connectivity index (χ4n) is 1.73. The molecule has 3 nitrogen and oxygen atoms in total. The van der Waals surface area contributed by atoms with Crippen LogP contribution in [0.4, 0.5) is 13.2 Å². The highest BCUT2D eigenvalue weighted by molar-refractivity contribution is 7.88. The zero-order chi connectivity index (χ0) is 14.8. The van der Waals surface area contributed by atoms with Crippen molar-refractivity contribution >= 4 is 10.0 Å². The van der Waals surface area contributed by atoms with E-state index >= 15 is 0 Å². The highest BCUT2D eigenvalue weighted by Gasteiger charge is 2.31. The maximum atomic E-state index is 12.6. The summed E-state index contributed by atoms with van der Waals surface area (Å²) in [5.41, 5.74) is -0.485. The Morgan fingerprint density at radius 2 is 1.79 bits per heavy atom. The summed E-state index contributed by atoms with van der Waals surface area (Å²) >= 11 is 0. The number of rotatable bonds is 4. The Morgan fingerprint density at radius 3 is 2.21 bits per heavy atom. The van der Waals surface area contributed by atoms with Crippen LogP contribution in [0.2, 0.25) is 0 Å². The maximum Gasteiger partial charge on any atom is 0.416 e. The van der Waals surface area contributed by atoms with Gasteiger partial charge in [-0.1, -0.05) is 26.0 Å². The molecule has 0 radical (unpaired) electrons. The molecule has 0 aliphatic rings. The molecule has 19 heavy (non-hydrogen) atoms. The molecule has 1 rings (SSSR count). The van der Waals surface area contributed by atoms with Gasteiger partial charge in [0.1, 0.15) is 0 Å². The number of alkyl halides is 3. The molecule has 1 aromatic carbocycles. The molecule has 0 aromatic heterocycles. The summed E-state index contributed by atoms with van der Waals surface area (Å²) in [6.07, 6.45) is -3.46. The molecule has 0 amide bonds. The predicted octanol–water partition coefficient (Wildman–Crippen LogP) is 2.95. The molecule has 0 heterocycles. The Hall–Kier alpha value is -1.08. The van der Waals surface area contributed by atoms with E-state index in [9.17, 15) is 21.6 Å². The Labute approximate surface area is 110 Å². The number of sulfonamides is 1. The third kappa shape index (κ3) is 4.83. The lowest BCUT2D eigenvalue weighted by Gasteiger charge is -2.22. The molecule has 7 heteroatoms. The molecule has 0 saturated heterocycles. The highest BCUT2D eigenvalue weighted by Crippen LogP contribution is 2.32. The summed E-state index contributed by atoms with van der Waals surface area (Å²) in [5.74, 6) is -0.168. The number of hydrogen-bond donors (Lipinski definition) is 1. The Bertz CT molecular complexity index is 538. The van der Waals surface area contributed by atoms with E-state index in [1.54, 1.807) is 13.8 Å². The van der Waals surface area contributed by atoms with Crippen LogP contribution in [-0.2, 0) is 16.2 Å². The molecule has 1 atom stereocenters. The first-order valence-electron chi connectivity index (χ1n) is 5.65. The van der Waals surface area contributed by atoms with E-state index in [-0.39, 0.29) is 5.92 Å². The molecule has 0 unspecified atom stereocenters. The number of hydrogen-bond acceptors (Lipinski definition) is 2. The van der Waals surface area contributed by atoms with Crippen LogP contribution in [0, 0.1) is 5.92 Å². The summed E-state index contributed by atoms with van der Waals surface area (Å²) in [5, 5.41) is 0. The fraction of sp³-hybridized carbons (Fsp3) is 0.500. The van der Waals surface area contributed by atoms with Gasteiger partial charge >= 0.3 is 6.18 Å². The van der Waals surface area contributed by atoms with Gasteiger partial charge in [-0.2, -0.15) is 13.2 Å². The van der Waals surface area contributed by atoms with Gasteiger partial charge in [-0.15, -0.1) is 0 Å². The average Bonchev–Trinajstić information content (AvgIpc) is 2.23. The first kappa shape index (κ1) is 16.0. The maximum absolute atomic E-state index is 12.6. The van der Waals surface area contributed by atoms with Crippen molar-refractivity contribution in [3.05, 3.63) is 35.4 Å². The lowest BCUT2D eigenvalue weighted by Crippen LogP contribution is -2.31. The van der Waals surface area contributed by atoms with Gasteiger partial charge in [-0.25, -0.2) is 13.1 Å². The van der Waals surface area contributed by atoms with Crippen molar-refractivity contribution in [2.24, 2.45) is 5.92 Å². The van der Waals surface area contributed by atoms with Gasteiger partial charge in [-0.3, -0.25) is 0 Å². The molecule has 1 aromatic rings. The second-order valence-electron chi connectivity index (χ2n) is 4.73. The normalized spacial score (nSPS) is 14.7. The van der Waals surface area contributed by atoms with Crippen molar-refractivity contribution in [3.8, 4) is 0 Å². The van der Waals surface area contributed by atoms with Crippen molar-refractivity contribution in [3.63, 3.8) is 0 Å². The summed E-state index contributed by atoms with van der Waals surface area (Å²) in [6, 6.07) is 4.01. The van der Waals surface area contributed by atoms with Gasteiger partial charge in [0.2, 0.25) is 10.0 Å². The zero-order valence-electron chi connectivity index (χ0n) is 10.8. The van der Waals surface area contributed by atoms with E-state index < -0.39 is 27.8 Å². The van der Waals surface area contributed by atoms with Crippen molar-refractivity contribution in [2.45, 2.75) is 26.1 Å². The molecular weight excluding hydrogens is 279 g/mol. The zero-order valence-corrected chi connectivity index (χ0v) is 11.6. The highest BCUT2D eigenvalue weighted by atomic mass is 32.2. The molecule has 0 saturated carbocycles. The molecule has 0 bridgehead atoms. The fourth-order valence-corrected chi connectivity index (χ4v) is 2.60. The predicted molar refractivity (Wildman–Crippen MR) is 67.0 cm³/mol. The van der Waals surface area contributed by atoms with Crippen LogP contribution >= 0.6 is 0 Å². The first-order chi connectivity index (χ1) is 8.50.